The van der Waals surface area contributed by atoms with Crippen molar-refractivity contribution in [1.29, 1.82) is 0 Å². The summed E-state index contributed by atoms with van der Waals surface area (Å²) < 4.78 is 17.7. The van der Waals surface area contributed by atoms with E-state index in [2.05, 4.69) is 4.98 Å². The molecule has 2 rings (SSSR count). The van der Waals surface area contributed by atoms with Gasteiger partial charge in [0.15, 0.2) is 5.78 Å². The van der Waals surface area contributed by atoms with Crippen molar-refractivity contribution < 1.29 is 13.9 Å². The van der Waals surface area contributed by atoms with Gasteiger partial charge in [0.05, 0.1) is 7.11 Å². The van der Waals surface area contributed by atoms with Crippen LogP contribution >= 0.6 is 0 Å². The number of Topliss-reactive ketones (excluding diaryl/α,β-unsaturated/α-hetero) is 1. The maximum absolute atomic E-state index is 12.7. The molecule has 3 nitrogen and oxygen atoms in total. The number of ketones is 1. The van der Waals surface area contributed by atoms with Gasteiger partial charge >= 0.3 is 0 Å². The molecule has 0 fully saturated rings. The Balaban J connectivity index is 2.08. The maximum atomic E-state index is 12.7. The quantitative estimate of drug-likeness (QED) is 0.777. The second-order valence-electron chi connectivity index (χ2n) is 3.82. The zero-order valence-electron chi connectivity index (χ0n) is 9.89. The first-order valence-electron chi connectivity index (χ1n) is 5.47. The highest BCUT2D eigenvalue weighted by molar-refractivity contribution is 5.97. The predicted octanol–water partition coefficient (Wildman–Crippen LogP) is 2.65. The zero-order valence-corrected chi connectivity index (χ0v) is 9.89. The lowest BCUT2D eigenvalue weighted by Crippen LogP contribution is -2.04. The van der Waals surface area contributed by atoms with Crippen molar-refractivity contribution in [3.05, 3.63) is 59.5 Å². The van der Waals surface area contributed by atoms with Gasteiger partial charge in [-0.2, -0.15) is 0 Å². The second kappa shape index (κ2) is 5.40. The largest absolute Gasteiger partial charge is 0.481 e. The molecule has 1 aromatic carbocycles. The molecule has 4 heteroatoms. The van der Waals surface area contributed by atoms with Crippen LogP contribution in [0.25, 0.3) is 0 Å². The second-order valence-corrected chi connectivity index (χ2v) is 3.82. The van der Waals surface area contributed by atoms with E-state index in [0.717, 1.165) is 5.56 Å². The van der Waals surface area contributed by atoms with E-state index >= 15 is 0 Å². The van der Waals surface area contributed by atoms with Crippen LogP contribution in [0.2, 0.25) is 0 Å². The van der Waals surface area contributed by atoms with Crippen LogP contribution in [-0.4, -0.2) is 17.9 Å². The lowest BCUT2D eigenvalue weighted by molar-refractivity contribution is 0.0993. The third-order valence-electron chi connectivity index (χ3n) is 2.54. The number of hydrogen-bond acceptors (Lipinski definition) is 3. The lowest BCUT2D eigenvalue weighted by atomic mass is 10.0. The van der Waals surface area contributed by atoms with Crippen LogP contribution in [0.5, 0.6) is 5.88 Å². The van der Waals surface area contributed by atoms with E-state index in [1.165, 1.54) is 31.4 Å². The van der Waals surface area contributed by atoms with Crippen molar-refractivity contribution in [1.82, 2.24) is 4.98 Å². The molecular formula is C14H12FNO2. The van der Waals surface area contributed by atoms with Gasteiger partial charge in [-0.05, 0) is 29.8 Å². The fraction of sp³-hybridized carbons (Fsp3) is 0.143. The van der Waals surface area contributed by atoms with Gasteiger partial charge in [0.25, 0.3) is 0 Å². The zero-order chi connectivity index (χ0) is 13.0. The Hall–Kier alpha value is -2.23. The highest BCUT2D eigenvalue weighted by Gasteiger charge is 2.07. The number of hydrogen-bond donors (Lipinski definition) is 0. The highest BCUT2D eigenvalue weighted by atomic mass is 19.1. The van der Waals surface area contributed by atoms with Crippen LogP contribution in [0.15, 0.2) is 42.6 Å². The van der Waals surface area contributed by atoms with Crippen LogP contribution in [-0.2, 0) is 6.42 Å². The van der Waals surface area contributed by atoms with E-state index in [1.807, 2.05) is 0 Å². The van der Waals surface area contributed by atoms with E-state index in [-0.39, 0.29) is 18.0 Å². The van der Waals surface area contributed by atoms with E-state index in [9.17, 15) is 9.18 Å². The van der Waals surface area contributed by atoms with Crippen LogP contribution in [0, 0.1) is 5.82 Å². The molecular weight excluding hydrogens is 233 g/mol. The number of carbonyl (C=O) groups excluding carboxylic acids is 1. The van der Waals surface area contributed by atoms with Crippen molar-refractivity contribution in [2.45, 2.75) is 6.42 Å². The number of carbonyl (C=O) groups is 1. The van der Waals surface area contributed by atoms with E-state index in [4.69, 9.17) is 4.74 Å². The fourth-order valence-electron chi connectivity index (χ4n) is 1.56. The van der Waals surface area contributed by atoms with Gasteiger partial charge in [-0.3, -0.25) is 4.79 Å². The van der Waals surface area contributed by atoms with Crippen molar-refractivity contribution in [2.24, 2.45) is 0 Å². The van der Waals surface area contributed by atoms with Gasteiger partial charge < -0.3 is 4.74 Å². The van der Waals surface area contributed by atoms with E-state index in [0.29, 0.717) is 11.4 Å². The molecule has 1 heterocycles. The monoisotopic (exact) mass is 245 g/mol. The average Bonchev–Trinajstić information content (AvgIpc) is 2.40. The lowest BCUT2D eigenvalue weighted by Gasteiger charge is -2.02. The fourth-order valence-corrected chi connectivity index (χ4v) is 1.56. The summed E-state index contributed by atoms with van der Waals surface area (Å²) in [5.74, 6) is 0.0904. The number of benzene rings is 1. The van der Waals surface area contributed by atoms with Crippen molar-refractivity contribution in [2.75, 3.05) is 7.11 Å². The first-order chi connectivity index (χ1) is 8.69. The molecule has 2 aromatic rings. The molecule has 0 N–H and O–H groups in total. The van der Waals surface area contributed by atoms with Gasteiger partial charge in [0.2, 0.25) is 5.88 Å². The molecule has 0 spiro atoms. The van der Waals surface area contributed by atoms with Gasteiger partial charge in [0.1, 0.15) is 5.82 Å². The minimum atomic E-state index is -0.349. The summed E-state index contributed by atoms with van der Waals surface area (Å²) in [5.41, 5.74) is 1.29. The van der Waals surface area contributed by atoms with Gasteiger partial charge in [0, 0.05) is 24.2 Å². The van der Waals surface area contributed by atoms with Gasteiger partial charge in [-0.25, -0.2) is 9.37 Å². The smallest absolute Gasteiger partial charge is 0.212 e. The Bertz CT molecular complexity index is 535. The van der Waals surface area contributed by atoms with E-state index in [1.54, 1.807) is 18.3 Å². The Labute approximate surface area is 104 Å². The maximum Gasteiger partial charge on any atom is 0.212 e. The molecule has 0 aliphatic carbocycles. The number of methoxy groups -OCH3 is 1. The normalized spacial score (nSPS) is 10.1. The molecule has 0 saturated heterocycles. The Morgan fingerprint density at radius 1 is 1.22 bits per heavy atom. The van der Waals surface area contributed by atoms with E-state index < -0.39 is 0 Å². The summed E-state index contributed by atoms with van der Waals surface area (Å²) in [5, 5.41) is 0. The molecule has 0 aliphatic rings. The summed E-state index contributed by atoms with van der Waals surface area (Å²) in [6, 6.07) is 9.00. The minimum absolute atomic E-state index is 0.0676. The average molecular weight is 245 g/mol. The van der Waals surface area contributed by atoms with Crippen LogP contribution in [0.4, 0.5) is 4.39 Å². The first kappa shape index (κ1) is 12.2. The summed E-state index contributed by atoms with van der Waals surface area (Å²) in [6.45, 7) is 0. The molecule has 0 saturated carbocycles. The van der Waals surface area contributed by atoms with Crippen LogP contribution in [0.1, 0.15) is 15.9 Å². The van der Waals surface area contributed by atoms with Crippen molar-refractivity contribution >= 4 is 5.78 Å². The van der Waals surface area contributed by atoms with Crippen LogP contribution < -0.4 is 4.74 Å². The Morgan fingerprint density at radius 3 is 2.50 bits per heavy atom. The summed E-state index contributed by atoms with van der Waals surface area (Å²) >= 11 is 0. The number of aromatic nitrogens is 1. The number of rotatable bonds is 4. The molecule has 18 heavy (non-hydrogen) atoms. The Kier molecular flexibility index (Phi) is 3.67. The van der Waals surface area contributed by atoms with Crippen LogP contribution in [0.3, 0.4) is 0 Å². The molecule has 0 bridgehead atoms. The standard InChI is InChI=1S/C14H12FNO2/c1-18-14-7-2-10(9-16-14)8-13(17)11-3-5-12(15)6-4-11/h2-7,9H,8H2,1H3. The summed E-state index contributed by atoms with van der Waals surface area (Å²) in [7, 11) is 1.53. The third-order valence-corrected chi connectivity index (χ3v) is 2.54. The number of halogens is 1. The minimum Gasteiger partial charge on any atom is -0.481 e. The molecule has 0 unspecified atom stereocenters. The SMILES string of the molecule is COc1ccc(CC(=O)c2ccc(F)cc2)cn1. The first-order valence-corrected chi connectivity index (χ1v) is 5.47. The number of pyridine rings is 1. The molecule has 92 valence electrons. The third kappa shape index (κ3) is 2.91. The number of nitrogens with zero attached hydrogens (tertiary/aromatic N) is 1. The number of ether oxygens (including phenoxy) is 1. The molecule has 0 atom stereocenters. The Morgan fingerprint density at radius 2 is 1.94 bits per heavy atom. The van der Waals surface area contributed by atoms with Crippen molar-refractivity contribution in [3.63, 3.8) is 0 Å². The van der Waals surface area contributed by atoms with Gasteiger partial charge in [-0.1, -0.05) is 6.07 Å². The molecule has 0 amide bonds. The van der Waals surface area contributed by atoms with Gasteiger partial charge in [-0.15, -0.1) is 0 Å². The topological polar surface area (TPSA) is 39.2 Å². The molecule has 0 radical (unpaired) electrons. The van der Waals surface area contributed by atoms with Crippen molar-refractivity contribution in [3.8, 4) is 5.88 Å². The predicted molar refractivity (Wildman–Crippen MR) is 65.2 cm³/mol. The highest BCUT2D eigenvalue weighted by Crippen LogP contribution is 2.11. The summed E-state index contributed by atoms with van der Waals surface area (Å²) in [6.07, 6.45) is 1.84. The summed E-state index contributed by atoms with van der Waals surface area (Å²) in [4.78, 5) is 15.9. The molecule has 1 aromatic heterocycles. The molecule has 0 aliphatic heterocycles.